The van der Waals surface area contributed by atoms with Crippen molar-refractivity contribution in [2.45, 2.75) is 52.0 Å². The van der Waals surface area contributed by atoms with Crippen LogP contribution in [-0.4, -0.2) is 19.3 Å². The van der Waals surface area contributed by atoms with Gasteiger partial charge in [-0.1, -0.05) is 19.3 Å². The largest absolute Gasteiger partial charge is 0.529 e. The minimum atomic E-state index is -3.42. The summed E-state index contributed by atoms with van der Waals surface area (Å²) < 4.78 is 27.0. The summed E-state index contributed by atoms with van der Waals surface area (Å²) in [6.45, 7) is 4.08. The lowest BCUT2D eigenvalue weighted by Crippen LogP contribution is -2.26. The third-order valence-electron chi connectivity index (χ3n) is 2.77. The van der Waals surface area contributed by atoms with Gasteiger partial charge in [0.2, 0.25) is 0 Å². The fraction of sp³-hybridized carbons (Fsp3) is 0.833. The Labute approximate surface area is 109 Å². The van der Waals surface area contributed by atoms with E-state index in [0.717, 1.165) is 0 Å². The Bertz CT molecular complexity index is 280. The van der Waals surface area contributed by atoms with Crippen LogP contribution in [0.15, 0.2) is 12.5 Å². The Kier molecular flexibility index (Phi) is 7.40. The SMILES string of the molecule is CCOP(=O)(O/C=C/NC1CCCCC1)OCC. The second kappa shape index (κ2) is 8.57. The van der Waals surface area contributed by atoms with Gasteiger partial charge in [-0.2, -0.15) is 0 Å². The smallest absolute Gasteiger partial charge is 0.410 e. The van der Waals surface area contributed by atoms with Gasteiger partial charge in [-0.3, -0.25) is 9.05 Å². The zero-order valence-corrected chi connectivity index (χ0v) is 12.2. The first-order valence-electron chi connectivity index (χ1n) is 6.68. The first kappa shape index (κ1) is 15.5. The van der Waals surface area contributed by atoms with E-state index < -0.39 is 7.82 Å². The highest BCUT2D eigenvalue weighted by atomic mass is 31.2. The number of phosphoric ester groups is 1. The molecule has 0 amide bonds. The summed E-state index contributed by atoms with van der Waals surface area (Å²) >= 11 is 0. The summed E-state index contributed by atoms with van der Waals surface area (Å²) in [5.74, 6) is 0. The van der Waals surface area contributed by atoms with Crippen LogP contribution in [0.5, 0.6) is 0 Å². The van der Waals surface area contributed by atoms with Gasteiger partial charge < -0.3 is 9.84 Å². The lowest BCUT2D eigenvalue weighted by molar-refractivity contribution is 0.153. The lowest BCUT2D eigenvalue weighted by Gasteiger charge is -2.21. The molecule has 0 spiro atoms. The van der Waals surface area contributed by atoms with Crippen molar-refractivity contribution >= 4 is 7.82 Å². The second-order valence-corrected chi connectivity index (χ2v) is 5.81. The zero-order valence-electron chi connectivity index (χ0n) is 11.3. The van der Waals surface area contributed by atoms with Crippen molar-refractivity contribution in [2.75, 3.05) is 13.2 Å². The summed E-state index contributed by atoms with van der Waals surface area (Å²) in [7, 11) is -3.42. The van der Waals surface area contributed by atoms with Crippen molar-refractivity contribution in [3.8, 4) is 0 Å². The van der Waals surface area contributed by atoms with Crippen molar-refractivity contribution in [2.24, 2.45) is 0 Å². The maximum absolute atomic E-state index is 11.9. The molecule has 0 heterocycles. The highest BCUT2D eigenvalue weighted by Gasteiger charge is 2.25. The fourth-order valence-electron chi connectivity index (χ4n) is 1.96. The minimum absolute atomic E-state index is 0.293. The van der Waals surface area contributed by atoms with Crippen LogP contribution >= 0.6 is 7.82 Å². The Balaban J connectivity index is 2.29. The van der Waals surface area contributed by atoms with Crippen LogP contribution in [0.4, 0.5) is 0 Å². The quantitative estimate of drug-likeness (QED) is 0.543. The molecule has 1 saturated carbocycles. The van der Waals surface area contributed by atoms with Gasteiger partial charge in [0.05, 0.1) is 13.2 Å². The lowest BCUT2D eigenvalue weighted by atomic mass is 9.96. The van der Waals surface area contributed by atoms with Gasteiger partial charge in [0.1, 0.15) is 6.26 Å². The molecule has 6 heteroatoms. The molecule has 0 aliphatic heterocycles. The number of nitrogens with one attached hydrogen (secondary N) is 1. The number of rotatable bonds is 8. The molecular weight excluding hydrogens is 253 g/mol. The number of hydrogen-bond donors (Lipinski definition) is 1. The summed E-state index contributed by atoms with van der Waals surface area (Å²) in [6.07, 6.45) is 9.26. The van der Waals surface area contributed by atoms with Crippen molar-refractivity contribution in [3.63, 3.8) is 0 Å². The van der Waals surface area contributed by atoms with E-state index in [0.29, 0.717) is 19.3 Å². The molecular formula is C12H24NO4P. The van der Waals surface area contributed by atoms with E-state index in [2.05, 4.69) is 5.32 Å². The Morgan fingerprint density at radius 1 is 1.17 bits per heavy atom. The third kappa shape index (κ3) is 5.89. The first-order chi connectivity index (χ1) is 8.70. The molecule has 0 aromatic carbocycles. The highest BCUT2D eigenvalue weighted by molar-refractivity contribution is 7.48. The fourth-order valence-corrected chi connectivity index (χ4v) is 3.00. The van der Waals surface area contributed by atoms with Crippen LogP contribution in [0.3, 0.4) is 0 Å². The van der Waals surface area contributed by atoms with Crippen molar-refractivity contribution in [3.05, 3.63) is 12.5 Å². The van der Waals surface area contributed by atoms with Crippen LogP contribution in [0.25, 0.3) is 0 Å². The van der Waals surface area contributed by atoms with Crippen LogP contribution < -0.4 is 5.32 Å². The molecule has 0 radical (unpaired) electrons. The van der Waals surface area contributed by atoms with E-state index in [4.69, 9.17) is 13.6 Å². The van der Waals surface area contributed by atoms with Crippen molar-refractivity contribution in [1.82, 2.24) is 5.32 Å². The van der Waals surface area contributed by atoms with Crippen molar-refractivity contribution < 1.29 is 18.1 Å². The maximum Gasteiger partial charge on any atom is 0.529 e. The minimum Gasteiger partial charge on any atom is -0.410 e. The monoisotopic (exact) mass is 277 g/mol. The molecule has 1 rings (SSSR count). The van der Waals surface area contributed by atoms with Gasteiger partial charge in [0.15, 0.2) is 0 Å². The molecule has 1 fully saturated rings. The molecule has 18 heavy (non-hydrogen) atoms. The number of phosphoric acid groups is 1. The standard InChI is InChI=1S/C12H24NO4P/c1-3-15-18(14,16-4-2)17-11-10-13-12-8-6-5-7-9-12/h10-13H,3-9H2,1-2H3/b11-10+. The van der Waals surface area contributed by atoms with E-state index in [1.54, 1.807) is 20.0 Å². The molecule has 1 aliphatic carbocycles. The van der Waals surface area contributed by atoms with Crippen LogP contribution in [0.2, 0.25) is 0 Å². The molecule has 5 nitrogen and oxygen atoms in total. The van der Waals surface area contributed by atoms with Crippen LogP contribution in [-0.2, 0) is 18.1 Å². The molecule has 1 aliphatic rings. The number of hydrogen-bond acceptors (Lipinski definition) is 5. The average Bonchev–Trinajstić information content (AvgIpc) is 2.37. The summed E-state index contributed by atoms with van der Waals surface area (Å²) in [4.78, 5) is 0. The van der Waals surface area contributed by atoms with Gasteiger partial charge in [-0.25, -0.2) is 4.57 Å². The molecule has 1 N–H and O–H groups in total. The summed E-state index contributed by atoms with van der Waals surface area (Å²) in [5, 5.41) is 3.24. The van der Waals surface area contributed by atoms with Gasteiger partial charge in [-0.15, -0.1) is 0 Å². The zero-order chi connectivity index (χ0) is 13.3. The average molecular weight is 277 g/mol. The Morgan fingerprint density at radius 2 is 1.78 bits per heavy atom. The predicted molar refractivity (Wildman–Crippen MR) is 71.1 cm³/mol. The van der Waals surface area contributed by atoms with Crippen LogP contribution in [0.1, 0.15) is 46.0 Å². The molecule has 0 saturated heterocycles. The first-order valence-corrected chi connectivity index (χ1v) is 8.15. The molecule has 0 bridgehead atoms. The normalized spacial score (nSPS) is 18.1. The Hall–Kier alpha value is -0.510. The van der Waals surface area contributed by atoms with E-state index in [1.807, 2.05) is 0 Å². The second-order valence-electron chi connectivity index (χ2n) is 4.19. The maximum atomic E-state index is 11.9. The third-order valence-corrected chi connectivity index (χ3v) is 4.30. The van der Waals surface area contributed by atoms with E-state index in [-0.39, 0.29) is 0 Å². The molecule has 106 valence electrons. The van der Waals surface area contributed by atoms with Gasteiger partial charge in [0, 0.05) is 12.2 Å². The van der Waals surface area contributed by atoms with E-state index in [1.165, 1.54) is 38.4 Å². The summed E-state index contributed by atoms with van der Waals surface area (Å²) in [5.41, 5.74) is 0. The van der Waals surface area contributed by atoms with Crippen LogP contribution in [0, 0.1) is 0 Å². The van der Waals surface area contributed by atoms with E-state index in [9.17, 15) is 4.57 Å². The van der Waals surface area contributed by atoms with Gasteiger partial charge >= 0.3 is 7.82 Å². The summed E-state index contributed by atoms with van der Waals surface area (Å²) in [6, 6.07) is 0.497. The molecule has 0 unspecified atom stereocenters. The highest BCUT2D eigenvalue weighted by Crippen LogP contribution is 2.49. The molecule has 0 aromatic rings. The van der Waals surface area contributed by atoms with Gasteiger partial charge in [-0.05, 0) is 26.7 Å². The topological polar surface area (TPSA) is 56.8 Å². The molecule has 0 aromatic heterocycles. The molecule has 0 atom stereocenters. The van der Waals surface area contributed by atoms with E-state index >= 15 is 0 Å². The van der Waals surface area contributed by atoms with Gasteiger partial charge in [0.25, 0.3) is 0 Å². The Morgan fingerprint density at radius 3 is 2.33 bits per heavy atom. The van der Waals surface area contributed by atoms with Crippen molar-refractivity contribution in [1.29, 1.82) is 0 Å². The predicted octanol–water partition coefficient (Wildman–Crippen LogP) is 3.58.